The van der Waals surface area contributed by atoms with E-state index in [0.717, 1.165) is 0 Å². The molecule has 0 radical (unpaired) electrons. The molecule has 7 rings (SSSR count). The maximum Gasteiger partial charge on any atom is 0.0648 e. The molecular formula is C37H28N2. The molecule has 0 fully saturated rings. The van der Waals surface area contributed by atoms with E-state index in [4.69, 9.17) is 27.4 Å². The Morgan fingerprint density at radius 2 is 0.692 bits per heavy atom. The maximum absolute atomic E-state index is 9.57. The van der Waals surface area contributed by atoms with Crippen molar-refractivity contribution in [2.45, 2.75) is 6.37 Å². The Morgan fingerprint density at radius 1 is 0.385 bits per heavy atom. The van der Waals surface area contributed by atoms with Crippen molar-refractivity contribution in [3.63, 3.8) is 0 Å². The van der Waals surface area contributed by atoms with Crippen molar-refractivity contribution in [2.75, 3.05) is 9.80 Å². The lowest BCUT2D eigenvalue weighted by atomic mass is 10.0. The van der Waals surface area contributed by atoms with E-state index < -0.39 is 220 Å². The van der Waals surface area contributed by atoms with E-state index in [2.05, 4.69) is 0 Å². The molecule has 0 amide bonds. The lowest BCUT2D eigenvalue weighted by molar-refractivity contribution is 1.22. The number of hydrogen-bond acceptors (Lipinski definition) is 2. The van der Waals surface area contributed by atoms with Crippen LogP contribution in [0.2, 0.25) is 0 Å². The highest BCUT2D eigenvalue weighted by Gasteiger charge is 2.23. The third-order valence-corrected chi connectivity index (χ3v) is 5.39. The van der Waals surface area contributed by atoms with Crippen molar-refractivity contribution >= 4 is 34.1 Å². The summed E-state index contributed by atoms with van der Waals surface area (Å²) in [5.41, 5.74) is -9.73. The van der Waals surface area contributed by atoms with Crippen molar-refractivity contribution < 1.29 is 38.4 Å². The van der Waals surface area contributed by atoms with Crippen LogP contribution in [0.25, 0.3) is 11.1 Å². The van der Waals surface area contributed by atoms with Crippen molar-refractivity contribution in [1.29, 1.82) is 0 Å². The molecule has 0 N–H and O–H groups in total. The average Bonchev–Trinajstić information content (AvgIpc) is 3.54. The van der Waals surface area contributed by atoms with E-state index in [1.165, 1.54) is 0 Å². The number of rotatable bonds is 6. The quantitative estimate of drug-likeness (QED) is 0.212. The topological polar surface area (TPSA) is 6.48 Å². The van der Waals surface area contributed by atoms with Gasteiger partial charge in [-0.2, -0.15) is 0 Å². The van der Waals surface area contributed by atoms with E-state index in [1.54, 1.807) is 0 Å². The fraction of sp³-hybridized carbons (Fsp3) is 0.0270. The Morgan fingerprint density at radius 3 is 1.00 bits per heavy atom. The fourth-order valence-corrected chi connectivity index (χ4v) is 3.80. The van der Waals surface area contributed by atoms with Crippen molar-refractivity contribution in [3.8, 4) is 11.1 Å². The summed E-state index contributed by atoms with van der Waals surface area (Å²) in [6, 6.07) is -27.8. The lowest BCUT2D eigenvalue weighted by Crippen LogP contribution is -2.10. The normalized spacial score (nSPS) is 22.9. The first kappa shape index (κ1) is 7.97. The second kappa shape index (κ2) is 10.00. The van der Waals surface area contributed by atoms with E-state index in [9.17, 15) is 11.0 Å². The van der Waals surface area contributed by atoms with Crippen LogP contribution < -0.4 is 9.80 Å². The van der Waals surface area contributed by atoms with Gasteiger partial charge in [-0.05, 0) is 101 Å². The predicted molar refractivity (Wildman–Crippen MR) is 164 cm³/mol. The molecule has 0 aliphatic heterocycles. The maximum atomic E-state index is 9.57. The van der Waals surface area contributed by atoms with Gasteiger partial charge < -0.3 is 9.80 Å². The van der Waals surface area contributed by atoms with Crippen LogP contribution in [0.1, 0.15) is 49.5 Å². The minimum Gasteiger partial charge on any atom is -0.310 e. The summed E-state index contributed by atoms with van der Waals surface area (Å²) in [4.78, 5) is 0.733. The van der Waals surface area contributed by atoms with Gasteiger partial charge in [0.1, 0.15) is 0 Å². The fourth-order valence-electron chi connectivity index (χ4n) is 3.80. The first-order valence-electron chi connectivity index (χ1n) is 25.1. The minimum absolute atomic E-state index is 0.367. The number of hydrogen-bond donors (Lipinski definition) is 0. The van der Waals surface area contributed by atoms with Gasteiger partial charge in [0.15, 0.2) is 0 Å². The highest BCUT2D eigenvalue weighted by atomic mass is 15.1. The molecular weight excluding hydrogens is 472 g/mol. The highest BCUT2D eigenvalue weighted by molar-refractivity contribution is 5.86. The summed E-state index contributed by atoms with van der Waals surface area (Å²) in [5, 5.41) is 0. The van der Waals surface area contributed by atoms with Gasteiger partial charge in [-0.15, -0.1) is 0 Å². The van der Waals surface area contributed by atoms with Gasteiger partial charge in [-0.1, -0.05) is 84.6 Å². The third-order valence-electron chi connectivity index (χ3n) is 5.39. The summed E-state index contributed by atoms with van der Waals surface area (Å²) in [6.07, 6.45) is -3.37. The second-order valence-electron chi connectivity index (χ2n) is 7.64. The summed E-state index contributed by atoms with van der Waals surface area (Å²) in [5.74, 6) is 0. The summed E-state index contributed by atoms with van der Waals surface area (Å²) < 4.78 is 245. The number of fused-ring (bicyclic) bond motifs is 3. The minimum atomic E-state index is -3.37. The van der Waals surface area contributed by atoms with Gasteiger partial charge in [-0.3, -0.25) is 0 Å². The molecule has 1 aliphatic carbocycles. The van der Waals surface area contributed by atoms with E-state index in [-0.39, 0.29) is 0 Å². The van der Waals surface area contributed by atoms with Crippen LogP contribution in [0.5, 0.6) is 0 Å². The molecule has 186 valence electrons. The zero-order valence-electron chi connectivity index (χ0n) is 47.4. The Labute approximate surface area is 269 Å². The molecule has 1 aliphatic rings. The molecule has 0 bridgehead atoms. The van der Waals surface area contributed by atoms with Crippen molar-refractivity contribution in [2.24, 2.45) is 0 Å². The van der Waals surface area contributed by atoms with Crippen LogP contribution in [-0.4, -0.2) is 0 Å². The van der Waals surface area contributed by atoms with Gasteiger partial charge in [-0.25, -0.2) is 0 Å². The monoisotopic (exact) mass is 528 g/mol. The van der Waals surface area contributed by atoms with Crippen molar-refractivity contribution in [1.82, 2.24) is 0 Å². The molecule has 2 heteroatoms. The average molecular weight is 529 g/mol. The Bertz CT molecular complexity index is 2790. The zero-order valence-corrected chi connectivity index (χ0v) is 19.4. The highest BCUT2D eigenvalue weighted by Crippen LogP contribution is 2.44. The third kappa shape index (κ3) is 4.36. The number of nitrogens with zero attached hydrogens (tertiary/aromatic N) is 2. The second-order valence-corrected chi connectivity index (χ2v) is 7.64. The van der Waals surface area contributed by atoms with Gasteiger partial charge >= 0.3 is 0 Å². The summed E-state index contributed by atoms with van der Waals surface area (Å²) in [6.45, 7) is 0. The molecule has 6 aromatic rings. The van der Waals surface area contributed by atoms with E-state index in [0.29, 0.717) is 9.80 Å². The zero-order chi connectivity index (χ0) is 50.4. The van der Waals surface area contributed by atoms with E-state index in [1.807, 2.05) is 0 Å². The molecule has 0 atom stereocenters. The largest absolute Gasteiger partial charge is 0.310 e. The van der Waals surface area contributed by atoms with Crippen LogP contribution >= 0.6 is 0 Å². The lowest BCUT2D eigenvalue weighted by Gasteiger charge is -2.26. The molecule has 2 nitrogen and oxygen atoms in total. The van der Waals surface area contributed by atoms with Gasteiger partial charge in [0, 0.05) is 36.9 Å². The Balaban J connectivity index is 1.66. The Hall–Kier alpha value is -5.08. The SMILES string of the molecule is [2H]c1c([2H])c([2H])c(N(c2c([2H])c([2H])c([2H])c([2H])c2[2H])c2c([2H])c([2H])c3c(c2[2H])C([2H])([2H])c2c([2H])c(N(c4c([2H])c([2H])c([2H])c([2H])c4[2H])c4c([2H])c([2H])c([2H])c([2H])c4[2H])c([2H])c([2H])c2-3)c([2H])c1[2H]. The van der Waals surface area contributed by atoms with Crippen LogP contribution in [0.4, 0.5) is 34.1 Å². The number of anilines is 6. The van der Waals surface area contributed by atoms with Crippen LogP contribution in [0.3, 0.4) is 0 Å². The first-order chi connectivity index (χ1) is 30.9. The molecule has 0 aromatic heterocycles. The van der Waals surface area contributed by atoms with Crippen LogP contribution in [-0.2, 0) is 6.37 Å². The standard InChI is InChI=1S/C37H28N2/c1-5-13-30(14-6-1)38(31-15-7-2-8-16-31)34-21-23-36-28(26-34)25-29-27-35(22-24-37(29)36)39(32-17-9-3-10-18-32)33-19-11-4-12-20-33/h1-24,26-27H,25H2/i1D,2D,3D,4D,5D,6D,7D,8D,9D,10D,11D,12D,13D,14D,15D,16D,17D,18D,19D,20D,21D,22D,23D,24D,25D2,26D,27D. The number of benzene rings is 6. The van der Waals surface area contributed by atoms with Gasteiger partial charge in [0.05, 0.1) is 35.6 Å². The van der Waals surface area contributed by atoms with Crippen molar-refractivity contribution in [3.05, 3.63) is 168 Å². The smallest absolute Gasteiger partial charge is 0.0648 e. The Kier molecular flexibility index (Phi) is 2.04. The molecule has 0 unspecified atom stereocenters. The molecule has 0 saturated heterocycles. The molecule has 39 heavy (non-hydrogen) atoms. The molecule has 0 heterocycles. The number of para-hydroxylation sites is 4. The summed E-state index contributed by atoms with van der Waals surface area (Å²) >= 11 is 0. The molecule has 0 spiro atoms. The summed E-state index contributed by atoms with van der Waals surface area (Å²) in [7, 11) is 0. The molecule has 0 saturated carbocycles. The van der Waals surface area contributed by atoms with Gasteiger partial charge in [0.2, 0.25) is 0 Å². The predicted octanol–water partition coefficient (Wildman–Crippen LogP) is 10.2. The van der Waals surface area contributed by atoms with Crippen LogP contribution in [0, 0.1) is 0 Å². The van der Waals surface area contributed by atoms with Crippen LogP contribution in [0.15, 0.2) is 157 Å². The van der Waals surface area contributed by atoms with Gasteiger partial charge in [0.25, 0.3) is 0 Å². The first-order valence-corrected chi connectivity index (χ1v) is 11.1. The van der Waals surface area contributed by atoms with E-state index >= 15 is 0 Å². The molecule has 6 aromatic carbocycles.